The van der Waals surface area contributed by atoms with E-state index in [-0.39, 0.29) is 12.6 Å². The number of nitrogens with zero attached hydrogens (tertiary/aromatic N) is 2. The molecule has 1 heterocycles. The highest BCUT2D eigenvalue weighted by Gasteiger charge is 2.50. The second kappa shape index (κ2) is 12.4. The topological polar surface area (TPSA) is 100 Å². The average molecular weight is 529 g/mol. The summed E-state index contributed by atoms with van der Waals surface area (Å²) in [7, 11) is 3.16. The number of aromatic nitrogens is 2. The number of carboxylic acid groups (broad SMARTS) is 1. The maximum atomic E-state index is 13.0. The van der Waals surface area contributed by atoms with Crippen LogP contribution in [0.25, 0.3) is 0 Å². The molecule has 1 N–H and O–H groups in total. The van der Waals surface area contributed by atoms with Gasteiger partial charge in [0.2, 0.25) is 6.10 Å². The highest BCUT2D eigenvalue weighted by Crippen LogP contribution is 2.39. The van der Waals surface area contributed by atoms with Crippen molar-refractivity contribution in [1.82, 2.24) is 9.97 Å². The Hall–Kier alpha value is -4.43. The van der Waals surface area contributed by atoms with Gasteiger partial charge in [-0.2, -0.15) is 0 Å². The molecule has 0 fully saturated rings. The van der Waals surface area contributed by atoms with Crippen LogP contribution in [0.1, 0.15) is 28.1 Å². The Morgan fingerprint density at radius 3 is 1.90 bits per heavy atom. The average Bonchev–Trinajstić information content (AvgIpc) is 2.94. The van der Waals surface area contributed by atoms with Crippen molar-refractivity contribution >= 4 is 5.97 Å². The van der Waals surface area contributed by atoms with E-state index in [4.69, 9.17) is 18.9 Å². The van der Waals surface area contributed by atoms with Gasteiger partial charge in [0, 0.05) is 11.4 Å². The lowest BCUT2D eigenvalue weighted by molar-refractivity contribution is -0.164. The molecule has 1 atom stereocenters. The van der Waals surface area contributed by atoms with Gasteiger partial charge in [-0.25, -0.2) is 14.8 Å². The lowest BCUT2D eigenvalue weighted by Gasteiger charge is -2.39. The summed E-state index contributed by atoms with van der Waals surface area (Å²) >= 11 is 0. The van der Waals surface area contributed by atoms with Gasteiger partial charge in [0.05, 0.1) is 20.8 Å². The summed E-state index contributed by atoms with van der Waals surface area (Å²) in [6.07, 6.45) is -1.03. The van der Waals surface area contributed by atoms with Gasteiger partial charge >= 0.3 is 12.0 Å². The van der Waals surface area contributed by atoms with Gasteiger partial charge in [0.1, 0.15) is 0 Å². The van der Waals surface area contributed by atoms with Crippen molar-refractivity contribution in [3.05, 3.63) is 113 Å². The fourth-order valence-corrected chi connectivity index (χ4v) is 4.61. The largest absolute Gasteiger partial charge is 0.493 e. The Morgan fingerprint density at radius 2 is 1.38 bits per heavy atom. The summed E-state index contributed by atoms with van der Waals surface area (Å²) in [4.78, 5) is 21.6. The molecule has 4 rings (SSSR count). The molecular weight excluding hydrogens is 496 g/mol. The first-order valence-corrected chi connectivity index (χ1v) is 12.5. The summed E-state index contributed by atoms with van der Waals surface area (Å²) in [6, 6.07) is 25.9. The van der Waals surface area contributed by atoms with E-state index in [1.165, 1.54) is 0 Å². The third-order valence-electron chi connectivity index (χ3n) is 6.35. The molecule has 0 saturated heterocycles. The molecule has 0 aliphatic carbocycles. The van der Waals surface area contributed by atoms with E-state index in [0.29, 0.717) is 40.4 Å². The standard InChI is InChI=1S/C31H32N2O6/c1-21-19-22(2)33-30(32-21)39-28(29(34)35)31(24-11-7-5-8-12-24,25-13-9-6-10-14-25)38-18-17-23-15-16-26(36-3)27(20-23)37-4/h5-16,19-20,28H,17-18H2,1-4H3,(H,34,35). The van der Waals surface area contributed by atoms with Crippen molar-refractivity contribution in [3.63, 3.8) is 0 Å². The van der Waals surface area contributed by atoms with Crippen molar-refractivity contribution in [1.29, 1.82) is 0 Å². The van der Waals surface area contributed by atoms with E-state index in [1.54, 1.807) is 34.1 Å². The highest BCUT2D eigenvalue weighted by molar-refractivity contribution is 5.76. The molecule has 4 aromatic rings. The van der Waals surface area contributed by atoms with Gasteiger partial charge in [-0.15, -0.1) is 0 Å². The number of carbonyl (C=O) groups is 1. The minimum absolute atomic E-state index is 0.0281. The monoisotopic (exact) mass is 528 g/mol. The summed E-state index contributed by atoms with van der Waals surface area (Å²) in [5.74, 6) is 0.0144. The van der Waals surface area contributed by atoms with Crippen LogP contribution < -0.4 is 14.2 Å². The zero-order valence-corrected chi connectivity index (χ0v) is 22.5. The van der Waals surface area contributed by atoms with E-state index in [2.05, 4.69) is 9.97 Å². The van der Waals surface area contributed by atoms with Gasteiger partial charge in [-0.05, 0) is 55.2 Å². The van der Waals surface area contributed by atoms with Gasteiger partial charge in [-0.3, -0.25) is 0 Å². The lowest BCUT2D eigenvalue weighted by Crippen LogP contribution is -2.51. The molecule has 8 nitrogen and oxygen atoms in total. The first-order chi connectivity index (χ1) is 18.9. The number of aryl methyl sites for hydroxylation is 2. The third kappa shape index (κ3) is 6.18. The van der Waals surface area contributed by atoms with Crippen LogP contribution >= 0.6 is 0 Å². The van der Waals surface area contributed by atoms with Crippen LogP contribution in [-0.4, -0.2) is 48.0 Å². The summed E-state index contributed by atoms with van der Waals surface area (Å²) in [6.45, 7) is 3.79. The molecule has 3 aromatic carbocycles. The number of methoxy groups -OCH3 is 2. The number of hydrogen-bond donors (Lipinski definition) is 1. The number of carboxylic acids is 1. The van der Waals surface area contributed by atoms with E-state index in [9.17, 15) is 9.90 Å². The van der Waals surface area contributed by atoms with Crippen molar-refractivity contribution in [2.24, 2.45) is 0 Å². The molecule has 202 valence electrons. The van der Waals surface area contributed by atoms with Crippen LogP contribution in [-0.2, 0) is 21.6 Å². The molecule has 0 aliphatic heterocycles. The Labute approximate surface area is 228 Å². The van der Waals surface area contributed by atoms with Crippen LogP contribution in [0.5, 0.6) is 17.5 Å². The van der Waals surface area contributed by atoms with E-state index < -0.39 is 17.7 Å². The summed E-state index contributed by atoms with van der Waals surface area (Å²) in [5, 5.41) is 10.6. The van der Waals surface area contributed by atoms with Crippen LogP contribution in [0, 0.1) is 13.8 Å². The minimum Gasteiger partial charge on any atom is -0.493 e. The summed E-state index contributed by atoms with van der Waals surface area (Å²) < 4.78 is 23.5. The van der Waals surface area contributed by atoms with E-state index >= 15 is 0 Å². The second-order valence-electron chi connectivity index (χ2n) is 9.02. The van der Waals surface area contributed by atoms with Crippen LogP contribution in [0.3, 0.4) is 0 Å². The Bertz CT molecular complexity index is 1340. The Balaban J connectivity index is 1.79. The van der Waals surface area contributed by atoms with Gasteiger partial charge in [-0.1, -0.05) is 66.7 Å². The number of benzene rings is 3. The molecule has 0 bridgehead atoms. The van der Waals surface area contributed by atoms with Crippen LogP contribution in [0.15, 0.2) is 84.9 Å². The maximum absolute atomic E-state index is 13.0. The fourth-order valence-electron chi connectivity index (χ4n) is 4.61. The molecular formula is C31H32N2O6. The molecule has 0 amide bonds. The smallest absolute Gasteiger partial charge is 0.348 e. The zero-order valence-electron chi connectivity index (χ0n) is 22.5. The van der Waals surface area contributed by atoms with Crippen molar-refractivity contribution < 1.29 is 28.8 Å². The quantitative estimate of drug-likeness (QED) is 0.270. The van der Waals surface area contributed by atoms with Crippen molar-refractivity contribution in [3.8, 4) is 17.5 Å². The number of rotatable bonds is 12. The molecule has 8 heteroatoms. The summed E-state index contributed by atoms with van der Waals surface area (Å²) in [5.41, 5.74) is 2.00. The first kappa shape index (κ1) is 27.6. The van der Waals surface area contributed by atoms with Gasteiger partial charge in [0.15, 0.2) is 17.1 Å². The lowest BCUT2D eigenvalue weighted by atomic mass is 9.81. The fraction of sp³-hybridized carbons (Fsp3) is 0.258. The van der Waals surface area contributed by atoms with Crippen LogP contribution in [0.2, 0.25) is 0 Å². The predicted octanol–water partition coefficient (Wildman–Crippen LogP) is 5.15. The number of hydrogen-bond acceptors (Lipinski definition) is 7. The maximum Gasteiger partial charge on any atom is 0.348 e. The highest BCUT2D eigenvalue weighted by atomic mass is 16.6. The SMILES string of the molecule is COc1ccc(CCOC(c2ccccc2)(c2ccccc2)C(Oc2nc(C)cc(C)n2)C(=O)O)cc1OC. The predicted molar refractivity (Wildman–Crippen MR) is 146 cm³/mol. The van der Waals surface area contributed by atoms with Crippen molar-refractivity contribution in [2.75, 3.05) is 20.8 Å². The minimum atomic E-state index is -1.52. The van der Waals surface area contributed by atoms with E-state index in [1.807, 2.05) is 78.9 Å². The first-order valence-electron chi connectivity index (χ1n) is 12.5. The second-order valence-corrected chi connectivity index (χ2v) is 9.02. The molecule has 0 radical (unpaired) electrons. The van der Waals surface area contributed by atoms with Crippen molar-refractivity contribution in [2.45, 2.75) is 32.0 Å². The van der Waals surface area contributed by atoms with Crippen LogP contribution in [0.4, 0.5) is 0 Å². The molecule has 1 aromatic heterocycles. The zero-order chi connectivity index (χ0) is 27.8. The number of ether oxygens (including phenoxy) is 4. The molecule has 1 unspecified atom stereocenters. The van der Waals surface area contributed by atoms with E-state index in [0.717, 1.165) is 5.56 Å². The normalized spacial score (nSPS) is 12.0. The third-order valence-corrected chi connectivity index (χ3v) is 6.35. The molecule has 0 aliphatic rings. The molecule has 39 heavy (non-hydrogen) atoms. The number of aliphatic carboxylic acids is 1. The van der Waals surface area contributed by atoms with Gasteiger partial charge in [0.25, 0.3) is 0 Å². The Kier molecular flexibility index (Phi) is 8.78. The van der Waals surface area contributed by atoms with Gasteiger partial charge < -0.3 is 24.1 Å². The molecule has 0 spiro atoms. The Morgan fingerprint density at radius 1 is 0.821 bits per heavy atom. The molecule has 0 saturated carbocycles.